The van der Waals surface area contributed by atoms with Crippen molar-refractivity contribution in [2.24, 2.45) is 4.99 Å². The first-order chi connectivity index (χ1) is 7.42. The van der Waals surface area contributed by atoms with Crippen molar-refractivity contribution in [1.82, 2.24) is 0 Å². The summed E-state index contributed by atoms with van der Waals surface area (Å²) in [5, 5.41) is 0. The van der Waals surface area contributed by atoms with E-state index in [4.69, 9.17) is 0 Å². The van der Waals surface area contributed by atoms with Crippen LogP contribution in [0.15, 0.2) is 65.7 Å². The molecule has 0 saturated carbocycles. The minimum Gasteiger partial charge on any atom is -0.449 e. The van der Waals surface area contributed by atoms with Crippen LogP contribution in [0.2, 0.25) is 0 Å². The monoisotopic (exact) mass is 201 g/mol. The van der Waals surface area contributed by atoms with Gasteiger partial charge in [-0.1, -0.05) is 77.5 Å². The molecule has 0 unspecified atom stereocenters. The average molecular weight is 201 g/mol. The third-order valence-corrected chi connectivity index (χ3v) is 2.25. The van der Waals surface area contributed by atoms with E-state index in [0.29, 0.717) is 0 Å². The van der Waals surface area contributed by atoms with Crippen LogP contribution in [-0.2, 0) is 0 Å². The summed E-state index contributed by atoms with van der Waals surface area (Å²) in [4.78, 5) is 4.10. The van der Waals surface area contributed by atoms with Crippen LogP contribution in [0.25, 0.3) is 0 Å². The molecule has 2 heteroatoms. The Bertz CT molecular complexity index is 407. The molecule has 0 aliphatic rings. The van der Waals surface area contributed by atoms with Crippen LogP contribution in [-0.4, -0.2) is 5.71 Å². The van der Waals surface area contributed by atoms with Gasteiger partial charge in [0, 0.05) is 0 Å². The number of nitrogens with zero attached hydrogens (tertiary/aromatic N) is 1. The van der Waals surface area contributed by atoms with Crippen molar-refractivity contribution in [3.8, 4) is 0 Å². The molecule has 2 aromatic carbocycles. The third kappa shape index (κ3) is 2.79. The Morgan fingerprint density at radius 2 is 1.12 bits per heavy atom. The minimum absolute atomic E-state index is 0. The summed E-state index contributed by atoms with van der Waals surface area (Å²) in [6.45, 7) is 0. The van der Waals surface area contributed by atoms with Crippen molar-refractivity contribution in [1.29, 1.82) is 0 Å². The first-order valence-electron chi connectivity index (χ1n) is 4.86. The van der Waals surface area contributed by atoms with Gasteiger partial charge in [0.05, 0.1) is 0 Å². The van der Waals surface area contributed by atoms with Gasteiger partial charge in [-0.25, -0.2) is 0 Å². The second-order valence-corrected chi connectivity index (χ2v) is 3.24. The molecule has 74 valence electrons. The molecule has 2 rings (SSSR count). The van der Waals surface area contributed by atoms with Crippen LogP contribution in [0.1, 0.15) is 11.1 Å². The molecule has 0 aromatic heterocycles. The molecule has 0 radical (unpaired) electrons. The van der Waals surface area contributed by atoms with E-state index in [9.17, 15) is 0 Å². The molecule has 1 nitrogen and oxygen atoms in total. The van der Waals surface area contributed by atoms with Crippen molar-refractivity contribution in [2.45, 2.75) is 0 Å². The zero-order chi connectivity index (χ0) is 10.5. The number of aliphatic imine (C=N–C) groups is 1. The zero-order valence-corrected chi connectivity index (χ0v) is 9.43. The van der Waals surface area contributed by atoms with Gasteiger partial charge in [0.2, 0.25) is 0 Å². The van der Waals surface area contributed by atoms with Gasteiger partial charge in [-0.2, -0.15) is 7.05 Å². The molecule has 0 atom stereocenters. The molecule has 0 N–H and O–H groups in total. The smallest absolute Gasteiger partial charge is 0.449 e. The molecule has 0 saturated heterocycles. The maximum Gasteiger partial charge on any atom is 1.00 e. The van der Waals surface area contributed by atoms with E-state index < -0.39 is 0 Å². The van der Waals surface area contributed by atoms with Gasteiger partial charge in [-0.15, -0.1) is 0 Å². The molecular weight excluding hydrogens is 189 g/mol. The van der Waals surface area contributed by atoms with Crippen LogP contribution >= 0.6 is 0 Å². The number of benzene rings is 2. The Morgan fingerprint density at radius 1 is 0.750 bits per heavy atom. The van der Waals surface area contributed by atoms with Crippen LogP contribution in [0, 0.1) is 7.05 Å². The predicted octanol–water partition coefficient (Wildman–Crippen LogP) is 0.320. The molecule has 0 amide bonds. The summed E-state index contributed by atoms with van der Waals surface area (Å²) < 4.78 is 0. The first-order valence-corrected chi connectivity index (χ1v) is 4.86. The van der Waals surface area contributed by atoms with E-state index in [1.165, 1.54) is 0 Å². The summed E-state index contributed by atoms with van der Waals surface area (Å²) in [6, 6.07) is 20.2. The van der Waals surface area contributed by atoms with Crippen molar-refractivity contribution in [3.05, 3.63) is 78.8 Å². The van der Waals surface area contributed by atoms with E-state index in [-0.39, 0.29) is 18.9 Å². The van der Waals surface area contributed by atoms with Gasteiger partial charge in [0.25, 0.3) is 0 Å². The second kappa shape index (κ2) is 6.22. The molecular formula is C14H12LiN. The molecule has 0 spiro atoms. The van der Waals surface area contributed by atoms with E-state index in [1.54, 1.807) is 0 Å². The van der Waals surface area contributed by atoms with Crippen molar-refractivity contribution in [2.75, 3.05) is 0 Å². The minimum atomic E-state index is 0. The topological polar surface area (TPSA) is 12.4 Å². The molecule has 0 bridgehead atoms. The maximum atomic E-state index is 4.10. The normalized spacial score (nSPS) is 9.00. The molecule has 0 aliphatic heterocycles. The third-order valence-electron chi connectivity index (χ3n) is 2.25. The van der Waals surface area contributed by atoms with E-state index in [2.05, 4.69) is 12.0 Å². The summed E-state index contributed by atoms with van der Waals surface area (Å²) in [5.41, 5.74) is 3.12. The van der Waals surface area contributed by atoms with Crippen LogP contribution in [0.3, 0.4) is 0 Å². The molecule has 0 aliphatic carbocycles. The largest absolute Gasteiger partial charge is 1.00 e. The Hall–Kier alpha value is -1.42. The van der Waals surface area contributed by atoms with Gasteiger partial charge < -0.3 is 4.99 Å². The van der Waals surface area contributed by atoms with Crippen LogP contribution in [0.4, 0.5) is 0 Å². The molecule has 0 fully saturated rings. The van der Waals surface area contributed by atoms with Gasteiger partial charge in [-0.05, 0) is 0 Å². The molecule has 2 aromatic rings. The number of rotatable bonds is 2. The van der Waals surface area contributed by atoms with Crippen molar-refractivity contribution >= 4 is 5.71 Å². The summed E-state index contributed by atoms with van der Waals surface area (Å²) in [7, 11) is 3.63. The fourth-order valence-electron chi connectivity index (χ4n) is 1.54. The Morgan fingerprint density at radius 3 is 1.44 bits per heavy atom. The van der Waals surface area contributed by atoms with E-state index in [1.807, 2.05) is 60.7 Å². The summed E-state index contributed by atoms with van der Waals surface area (Å²) in [6.07, 6.45) is 0. The van der Waals surface area contributed by atoms with Crippen LogP contribution < -0.4 is 18.9 Å². The summed E-state index contributed by atoms with van der Waals surface area (Å²) >= 11 is 0. The first kappa shape index (κ1) is 12.6. The van der Waals surface area contributed by atoms with Gasteiger partial charge in [0.1, 0.15) is 0 Å². The fraction of sp³-hybridized carbons (Fsp3) is 0. The van der Waals surface area contributed by atoms with E-state index in [0.717, 1.165) is 16.8 Å². The van der Waals surface area contributed by atoms with E-state index >= 15 is 0 Å². The quantitative estimate of drug-likeness (QED) is 0.377. The number of hydrogen-bond acceptors (Lipinski definition) is 1. The second-order valence-electron chi connectivity index (χ2n) is 3.24. The zero-order valence-electron chi connectivity index (χ0n) is 9.43. The van der Waals surface area contributed by atoms with Crippen molar-refractivity contribution < 1.29 is 18.9 Å². The average Bonchev–Trinajstić information content (AvgIpc) is 2.33. The van der Waals surface area contributed by atoms with Crippen molar-refractivity contribution in [3.63, 3.8) is 0 Å². The Balaban J connectivity index is 0.00000128. The molecule has 16 heavy (non-hydrogen) atoms. The Kier molecular flexibility index (Phi) is 4.92. The maximum absolute atomic E-state index is 4.10. The Labute approximate surface area is 108 Å². The van der Waals surface area contributed by atoms with Crippen LogP contribution in [0.5, 0.6) is 0 Å². The predicted molar refractivity (Wildman–Crippen MR) is 63.9 cm³/mol. The number of hydrogen-bond donors (Lipinski definition) is 0. The standard InChI is InChI=1S/C14H12N.Li/c1-15-14(12-8-4-2-5-9-12)13-10-6-3-7-11-13;/h2-11H,1H2;/q-1;+1. The van der Waals surface area contributed by atoms with Gasteiger partial charge >= 0.3 is 18.9 Å². The molecule has 0 heterocycles. The SMILES string of the molecule is [CH2-]N=C(c1ccccc1)c1ccccc1.[Li+]. The van der Waals surface area contributed by atoms with Gasteiger partial charge in [0.15, 0.2) is 0 Å². The van der Waals surface area contributed by atoms with Gasteiger partial charge in [-0.3, -0.25) is 0 Å². The summed E-state index contributed by atoms with van der Waals surface area (Å²) in [5.74, 6) is 0. The fourth-order valence-corrected chi connectivity index (χ4v) is 1.54.